The van der Waals surface area contributed by atoms with Crippen molar-refractivity contribution in [2.75, 3.05) is 5.73 Å². The summed E-state index contributed by atoms with van der Waals surface area (Å²) in [5.74, 6) is 1.66. The lowest BCUT2D eigenvalue weighted by atomic mass is 10.2. The fraction of sp³-hybridized carbons (Fsp3) is 0.286. The number of hydrogen-bond acceptors (Lipinski definition) is 4. The maximum absolute atomic E-state index is 6.19. The summed E-state index contributed by atoms with van der Waals surface area (Å²) in [6, 6.07) is 7.20. The SMILES string of the molecule is Cc1cc(N)nc(-c2ccc(OC(C)C)c(Cl)c2)n1. The highest BCUT2D eigenvalue weighted by Gasteiger charge is 2.09. The van der Waals surface area contributed by atoms with Crippen LogP contribution in [-0.4, -0.2) is 16.1 Å². The van der Waals surface area contributed by atoms with Crippen LogP contribution in [-0.2, 0) is 0 Å². The Morgan fingerprint density at radius 2 is 1.95 bits per heavy atom. The van der Waals surface area contributed by atoms with Gasteiger partial charge in [-0.25, -0.2) is 9.97 Å². The fourth-order valence-electron chi connectivity index (χ4n) is 1.71. The molecular weight excluding hydrogens is 262 g/mol. The number of ether oxygens (including phenoxy) is 1. The first kappa shape index (κ1) is 13.6. The molecule has 1 heterocycles. The topological polar surface area (TPSA) is 61.0 Å². The highest BCUT2D eigenvalue weighted by Crippen LogP contribution is 2.30. The molecule has 1 aromatic heterocycles. The molecule has 100 valence electrons. The van der Waals surface area contributed by atoms with Crippen molar-refractivity contribution < 1.29 is 4.74 Å². The Labute approximate surface area is 117 Å². The van der Waals surface area contributed by atoms with E-state index in [0.29, 0.717) is 22.4 Å². The Hall–Kier alpha value is -1.81. The van der Waals surface area contributed by atoms with Crippen LogP contribution in [0, 0.1) is 6.92 Å². The summed E-state index contributed by atoms with van der Waals surface area (Å²) in [5.41, 5.74) is 7.36. The molecule has 0 atom stereocenters. The van der Waals surface area contributed by atoms with E-state index in [1.807, 2.05) is 32.9 Å². The molecule has 0 spiro atoms. The molecule has 0 aliphatic carbocycles. The third-order valence-electron chi connectivity index (χ3n) is 2.43. The standard InChI is InChI=1S/C14H16ClN3O/c1-8(2)19-12-5-4-10(7-11(12)15)14-17-9(3)6-13(16)18-14/h4-8H,1-3H3,(H2,16,17,18). The molecule has 0 aliphatic heterocycles. The van der Waals surface area contributed by atoms with E-state index in [4.69, 9.17) is 22.1 Å². The predicted molar refractivity (Wildman–Crippen MR) is 77.4 cm³/mol. The Morgan fingerprint density at radius 3 is 2.53 bits per heavy atom. The second kappa shape index (κ2) is 5.45. The van der Waals surface area contributed by atoms with Crippen molar-refractivity contribution in [3.63, 3.8) is 0 Å². The molecule has 2 N–H and O–H groups in total. The van der Waals surface area contributed by atoms with Crippen LogP contribution in [0.2, 0.25) is 5.02 Å². The molecule has 0 saturated carbocycles. The molecule has 0 amide bonds. The third-order valence-corrected chi connectivity index (χ3v) is 2.72. The number of nitrogens with zero attached hydrogens (tertiary/aromatic N) is 2. The zero-order valence-corrected chi connectivity index (χ0v) is 11.9. The van der Waals surface area contributed by atoms with Crippen LogP contribution in [0.5, 0.6) is 5.75 Å². The molecule has 2 rings (SSSR count). The zero-order valence-electron chi connectivity index (χ0n) is 11.1. The fourth-order valence-corrected chi connectivity index (χ4v) is 1.94. The second-order valence-corrected chi connectivity index (χ2v) is 4.98. The van der Waals surface area contributed by atoms with E-state index < -0.39 is 0 Å². The van der Waals surface area contributed by atoms with Gasteiger partial charge in [0.15, 0.2) is 5.82 Å². The molecule has 0 bridgehead atoms. The van der Waals surface area contributed by atoms with Crippen molar-refractivity contribution in [1.82, 2.24) is 9.97 Å². The molecule has 1 aromatic carbocycles. The summed E-state index contributed by atoms with van der Waals surface area (Å²) in [4.78, 5) is 8.55. The molecular formula is C14H16ClN3O. The summed E-state index contributed by atoms with van der Waals surface area (Å²) < 4.78 is 5.59. The minimum atomic E-state index is 0.0780. The number of halogens is 1. The van der Waals surface area contributed by atoms with E-state index in [9.17, 15) is 0 Å². The molecule has 2 aromatic rings. The largest absolute Gasteiger partial charge is 0.489 e. The van der Waals surface area contributed by atoms with Crippen LogP contribution in [0.1, 0.15) is 19.5 Å². The van der Waals surface area contributed by atoms with Gasteiger partial charge in [-0.1, -0.05) is 11.6 Å². The van der Waals surface area contributed by atoms with Gasteiger partial charge < -0.3 is 10.5 Å². The van der Waals surface area contributed by atoms with E-state index in [2.05, 4.69) is 9.97 Å². The van der Waals surface area contributed by atoms with Gasteiger partial charge in [0.05, 0.1) is 11.1 Å². The number of hydrogen-bond donors (Lipinski definition) is 1. The summed E-state index contributed by atoms with van der Waals surface area (Å²) in [5, 5.41) is 0.537. The molecule has 19 heavy (non-hydrogen) atoms. The molecule has 0 saturated heterocycles. The van der Waals surface area contributed by atoms with Crippen molar-refractivity contribution in [1.29, 1.82) is 0 Å². The maximum Gasteiger partial charge on any atom is 0.161 e. The van der Waals surface area contributed by atoms with Crippen molar-refractivity contribution in [2.24, 2.45) is 0 Å². The first-order valence-corrected chi connectivity index (χ1v) is 6.41. The van der Waals surface area contributed by atoms with Gasteiger partial charge in [0, 0.05) is 17.3 Å². The van der Waals surface area contributed by atoms with Gasteiger partial charge in [0.2, 0.25) is 0 Å². The first-order valence-electron chi connectivity index (χ1n) is 6.03. The van der Waals surface area contributed by atoms with Gasteiger partial charge in [0.1, 0.15) is 11.6 Å². The van der Waals surface area contributed by atoms with Crippen molar-refractivity contribution >= 4 is 17.4 Å². The van der Waals surface area contributed by atoms with Crippen LogP contribution in [0.25, 0.3) is 11.4 Å². The second-order valence-electron chi connectivity index (χ2n) is 4.57. The highest BCUT2D eigenvalue weighted by molar-refractivity contribution is 6.32. The molecule has 0 unspecified atom stereocenters. The van der Waals surface area contributed by atoms with Gasteiger partial charge in [-0.05, 0) is 39.0 Å². The van der Waals surface area contributed by atoms with Crippen molar-refractivity contribution in [3.05, 3.63) is 35.0 Å². The summed E-state index contributed by atoms with van der Waals surface area (Å²) in [7, 11) is 0. The van der Waals surface area contributed by atoms with Crippen molar-refractivity contribution in [3.8, 4) is 17.1 Å². The maximum atomic E-state index is 6.19. The van der Waals surface area contributed by atoms with E-state index in [1.165, 1.54) is 0 Å². The van der Waals surface area contributed by atoms with Gasteiger partial charge in [-0.2, -0.15) is 0 Å². The lowest BCUT2D eigenvalue weighted by molar-refractivity contribution is 0.242. The quantitative estimate of drug-likeness (QED) is 0.933. The van der Waals surface area contributed by atoms with Gasteiger partial charge >= 0.3 is 0 Å². The van der Waals surface area contributed by atoms with E-state index in [1.54, 1.807) is 12.1 Å². The Bertz CT molecular complexity index is 579. The Morgan fingerprint density at radius 1 is 1.21 bits per heavy atom. The third kappa shape index (κ3) is 3.35. The summed E-state index contributed by atoms with van der Waals surface area (Å²) in [6.45, 7) is 5.78. The number of nitrogen functional groups attached to an aromatic ring is 1. The predicted octanol–water partition coefficient (Wildman–Crippen LogP) is 3.47. The number of nitrogens with two attached hydrogens (primary N) is 1. The molecule has 0 fully saturated rings. The van der Waals surface area contributed by atoms with Crippen molar-refractivity contribution in [2.45, 2.75) is 26.9 Å². The van der Waals surface area contributed by atoms with Crippen LogP contribution in [0.15, 0.2) is 24.3 Å². The van der Waals surface area contributed by atoms with E-state index in [-0.39, 0.29) is 6.10 Å². The number of benzene rings is 1. The average molecular weight is 278 g/mol. The summed E-state index contributed by atoms with van der Waals surface area (Å²) in [6.07, 6.45) is 0.0780. The number of aromatic nitrogens is 2. The average Bonchev–Trinajstić information content (AvgIpc) is 2.30. The van der Waals surface area contributed by atoms with Gasteiger partial charge in [-0.3, -0.25) is 0 Å². The number of anilines is 1. The van der Waals surface area contributed by atoms with Crippen LogP contribution in [0.4, 0.5) is 5.82 Å². The normalized spacial score (nSPS) is 10.8. The smallest absolute Gasteiger partial charge is 0.161 e. The summed E-state index contributed by atoms with van der Waals surface area (Å²) >= 11 is 6.19. The monoisotopic (exact) mass is 277 g/mol. The Kier molecular flexibility index (Phi) is 3.90. The van der Waals surface area contributed by atoms with Crippen LogP contribution in [0.3, 0.4) is 0 Å². The van der Waals surface area contributed by atoms with Crippen LogP contribution < -0.4 is 10.5 Å². The van der Waals surface area contributed by atoms with Crippen LogP contribution >= 0.6 is 11.6 Å². The van der Waals surface area contributed by atoms with Gasteiger partial charge in [-0.15, -0.1) is 0 Å². The van der Waals surface area contributed by atoms with Gasteiger partial charge in [0.25, 0.3) is 0 Å². The number of rotatable bonds is 3. The Balaban J connectivity index is 2.38. The van der Waals surface area contributed by atoms with E-state index >= 15 is 0 Å². The lowest BCUT2D eigenvalue weighted by Crippen LogP contribution is -2.06. The molecule has 5 heteroatoms. The van der Waals surface area contributed by atoms with E-state index in [0.717, 1.165) is 11.3 Å². The molecule has 0 radical (unpaired) electrons. The lowest BCUT2D eigenvalue weighted by Gasteiger charge is -2.12. The molecule has 4 nitrogen and oxygen atoms in total. The molecule has 0 aliphatic rings. The minimum Gasteiger partial charge on any atom is -0.489 e. The minimum absolute atomic E-state index is 0.0780. The zero-order chi connectivity index (χ0) is 14.0. The number of aryl methyl sites for hydroxylation is 1. The highest BCUT2D eigenvalue weighted by atomic mass is 35.5. The first-order chi connectivity index (χ1) is 8.95.